The number of aliphatic hydroxyl groups excluding tert-OH is 1. The van der Waals surface area contributed by atoms with Gasteiger partial charge in [0, 0.05) is 0 Å². The van der Waals surface area contributed by atoms with Gasteiger partial charge in [-0.05, 0) is 24.1 Å². The van der Waals surface area contributed by atoms with Crippen molar-refractivity contribution in [1.29, 1.82) is 5.26 Å². The monoisotopic (exact) mass is 269 g/mol. The highest BCUT2D eigenvalue weighted by molar-refractivity contribution is 7.91. The molecule has 1 N–H and O–H groups in total. The van der Waals surface area contributed by atoms with Gasteiger partial charge >= 0.3 is 0 Å². The molecule has 0 spiro atoms. The van der Waals surface area contributed by atoms with Crippen LogP contribution in [0.3, 0.4) is 0 Å². The molecule has 18 heavy (non-hydrogen) atoms. The van der Waals surface area contributed by atoms with E-state index in [-0.39, 0.29) is 23.5 Å². The van der Waals surface area contributed by atoms with Crippen LogP contribution in [0.5, 0.6) is 0 Å². The minimum atomic E-state index is -3.31. The Balaban J connectivity index is 2.39. The summed E-state index contributed by atoms with van der Waals surface area (Å²) in [6, 6.07) is 7.14. The fraction of sp³-hybridized carbons (Fsp3) is 0.417. The highest BCUT2D eigenvalue weighted by atomic mass is 32.2. The SMILES string of the molecule is N#CC1(C(O)c2cccc(F)c2)CCS(=O)(=O)C1. The van der Waals surface area contributed by atoms with E-state index in [9.17, 15) is 23.2 Å². The molecule has 2 rings (SSSR count). The first-order valence-corrected chi connectivity index (χ1v) is 7.26. The van der Waals surface area contributed by atoms with E-state index in [1.54, 1.807) is 0 Å². The third-order valence-electron chi connectivity index (χ3n) is 3.25. The second-order valence-corrected chi connectivity index (χ2v) is 6.75. The molecule has 0 saturated carbocycles. The van der Waals surface area contributed by atoms with Gasteiger partial charge in [0.15, 0.2) is 9.84 Å². The molecule has 0 bridgehead atoms. The van der Waals surface area contributed by atoms with Crippen LogP contribution in [0.15, 0.2) is 24.3 Å². The Hall–Kier alpha value is -1.45. The first kappa shape index (κ1) is 13.0. The molecule has 1 aromatic carbocycles. The first-order valence-electron chi connectivity index (χ1n) is 5.44. The van der Waals surface area contributed by atoms with Crippen LogP contribution in [0.2, 0.25) is 0 Å². The zero-order chi connectivity index (χ0) is 13.4. The normalized spacial score (nSPS) is 27.6. The maximum atomic E-state index is 13.1. The third-order valence-corrected chi connectivity index (χ3v) is 5.03. The maximum Gasteiger partial charge on any atom is 0.152 e. The van der Waals surface area contributed by atoms with E-state index in [1.165, 1.54) is 18.2 Å². The molecule has 6 heteroatoms. The highest BCUT2D eigenvalue weighted by Gasteiger charge is 2.48. The molecular weight excluding hydrogens is 257 g/mol. The molecule has 0 aliphatic carbocycles. The molecule has 2 atom stereocenters. The number of hydrogen-bond donors (Lipinski definition) is 1. The summed E-state index contributed by atoms with van der Waals surface area (Å²) >= 11 is 0. The van der Waals surface area contributed by atoms with Crippen LogP contribution in [-0.2, 0) is 9.84 Å². The van der Waals surface area contributed by atoms with Gasteiger partial charge in [0.2, 0.25) is 0 Å². The lowest BCUT2D eigenvalue weighted by molar-refractivity contribution is 0.0790. The van der Waals surface area contributed by atoms with Gasteiger partial charge < -0.3 is 5.11 Å². The largest absolute Gasteiger partial charge is 0.387 e. The van der Waals surface area contributed by atoms with Crippen LogP contribution in [0.4, 0.5) is 4.39 Å². The van der Waals surface area contributed by atoms with Crippen molar-refractivity contribution in [2.45, 2.75) is 12.5 Å². The van der Waals surface area contributed by atoms with E-state index in [0.29, 0.717) is 0 Å². The van der Waals surface area contributed by atoms with Crippen LogP contribution >= 0.6 is 0 Å². The van der Waals surface area contributed by atoms with Crippen molar-refractivity contribution in [3.63, 3.8) is 0 Å². The van der Waals surface area contributed by atoms with Crippen molar-refractivity contribution in [2.24, 2.45) is 5.41 Å². The fourth-order valence-corrected chi connectivity index (χ4v) is 4.21. The van der Waals surface area contributed by atoms with Crippen LogP contribution in [0, 0.1) is 22.6 Å². The number of aliphatic hydroxyl groups is 1. The van der Waals surface area contributed by atoms with E-state index in [0.717, 1.165) is 6.07 Å². The van der Waals surface area contributed by atoms with Crippen LogP contribution in [-0.4, -0.2) is 25.0 Å². The molecule has 1 saturated heterocycles. The van der Waals surface area contributed by atoms with Gasteiger partial charge in [-0.1, -0.05) is 12.1 Å². The summed E-state index contributed by atoms with van der Waals surface area (Å²) in [6.45, 7) is 0. The Morgan fingerprint density at radius 2 is 2.22 bits per heavy atom. The lowest BCUT2D eigenvalue weighted by atomic mass is 9.80. The number of hydrogen-bond acceptors (Lipinski definition) is 4. The molecule has 1 heterocycles. The first-order chi connectivity index (χ1) is 8.38. The van der Waals surface area contributed by atoms with Gasteiger partial charge in [-0.2, -0.15) is 5.26 Å². The quantitative estimate of drug-likeness (QED) is 0.874. The fourth-order valence-electron chi connectivity index (χ4n) is 2.24. The summed E-state index contributed by atoms with van der Waals surface area (Å²) < 4.78 is 36.0. The van der Waals surface area contributed by atoms with Gasteiger partial charge in [-0.3, -0.25) is 0 Å². The molecule has 1 aliphatic heterocycles. The zero-order valence-corrected chi connectivity index (χ0v) is 10.3. The van der Waals surface area contributed by atoms with Gasteiger partial charge in [-0.25, -0.2) is 12.8 Å². The molecule has 1 fully saturated rings. The van der Waals surface area contributed by atoms with Crippen LogP contribution < -0.4 is 0 Å². The maximum absolute atomic E-state index is 13.1. The number of nitrogens with zero attached hydrogens (tertiary/aromatic N) is 1. The summed E-state index contributed by atoms with van der Waals surface area (Å²) in [4.78, 5) is 0. The van der Waals surface area contributed by atoms with Gasteiger partial charge in [0.25, 0.3) is 0 Å². The Kier molecular flexibility index (Phi) is 3.13. The molecule has 96 valence electrons. The summed E-state index contributed by atoms with van der Waals surface area (Å²) in [6.07, 6.45) is -1.22. The molecule has 2 unspecified atom stereocenters. The van der Waals surface area contributed by atoms with Crippen molar-refractivity contribution >= 4 is 9.84 Å². The Morgan fingerprint density at radius 3 is 2.72 bits per heavy atom. The Morgan fingerprint density at radius 1 is 1.50 bits per heavy atom. The van der Waals surface area contributed by atoms with Crippen molar-refractivity contribution in [1.82, 2.24) is 0 Å². The lowest BCUT2D eigenvalue weighted by Crippen LogP contribution is -2.28. The number of halogens is 1. The molecular formula is C12H12FNO3S. The molecule has 0 amide bonds. The molecule has 4 nitrogen and oxygen atoms in total. The van der Waals surface area contributed by atoms with E-state index < -0.39 is 27.2 Å². The summed E-state index contributed by atoms with van der Waals surface area (Å²) in [5, 5.41) is 19.4. The summed E-state index contributed by atoms with van der Waals surface area (Å²) in [5.41, 5.74) is -1.14. The van der Waals surface area contributed by atoms with E-state index in [1.807, 2.05) is 6.07 Å². The number of benzene rings is 1. The summed E-state index contributed by atoms with van der Waals surface area (Å²) in [5.74, 6) is -1.03. The van der Waals surface area contributed by atoms with Crippen molar-refractivity contribution in [2.75, 3.05) is 11.5 Å². The number of nitriles is 1. The Labute approximate surface area is 105 Å². The highest BCUT2D eigenvalue weighted by Crippen LogP contribution is 2.42. The van der Waals surface area contributed by atoms with Crippen molar-refractivity contribution in [3.05, 3.63) is 35.6 Å². The lowest BCUT2D eigenvalue weighted by Gasteiger charge is -2.25. The van der Waals surface area contributed by atoms with Gasteiger partial charge in [0.05, 0.1) is 23.7 Å². The second kappa shape index (κ2) is 4.34. The molecule has 0 radical (unpaired) electrons. The van der Waals surface area contributed by atoms with E-state index >= 15 is 0 Å². The molecule has 1 aliphatic rings. The molecule has 0 aromatic heterocycles. The van der Waals surface area contributed by atoms with E-state index in [4.69, 9.17) is 0 Å². The average Bonchev–Trinajstić information content (AvgIpc) is 2.65. The second-order valence-electron chi connectivity index (χ2n) is 4.57. The minimum absolute atomic E-state index is 0.0729. The standard InChI is InChI=1S/C12H12FNO3S/c13-10-3-1-2-9(6-10)11(15)12(7-14)4-5-18(16,17)8-12/h1-3,6,11,15H,4-5,8H2. The summed E-state index contributed by atoms with van der Waals surface area (Å²) in [7, 11) is -3.31. The Bertz CT molecular complexity index is 608. The van der Waals surface area contributed by atoms with Gasteiger partial charge in [-0.15, -0.1) is 0 Å². The average molecular weight is 269 g/mol. The third kappa shape index (κ3) is 2.24. The topological polar surface area (TPSA) is 78.2 Å². The van der Waals surface area contributed by atoms with Crippen molar-refractivity contribution < 1.29 is 17.9 Å². The van der Waals surface area contributed by atoms with Crippen LogP contribution in [0.25, 0.3) is 0 Å². The minimum Gasteiger partial charge on any atom is -0.387 e. The predicted molar refractivity (Wildman–Crippen MR) is 62.7 cm³/mol. The smallest absolute Gasteiger partial charge is 0.152 e. The predicted octanol–water partition coefficient (Wildman–Crippen LogP) is 1.19. The van der Waals surface area contributed by atoms with Gasteiger partial charge in [0.1, 0.15) is 11.2 Å². The van der Waals surface area contributed by atoms with Crippen LogP contribution in [0.1, 0.15) is 18.1 Å². The molecule has 1 aromatic rings. The number of rotatable bonds is 2. The zero-order valence-electron chi connectivity index (χ0n) is 9.51. The number of sulfone groups is 1. The van der Waals surface area contributed by atoms with Crippen molar-refractivity contribution in [3.8, 4) is 6.07 Å². The van der Waals surface area contributed by atoms with E-state index in [2.05, 4.69) is 0 Å².